The van der Waals surface area contributed by atoms with Crippen LogP contribution in [0, 0.1) is 0 Å². The molecule has 0 aliphatic rings. The Bertz CT molecular complexity index is 674. The van der Waals surface area contributed by atoms with Crippen LogP contribution in [0.15, 0.2) is 24.3 Å². The summed E-state index contributed by atoms with van der Waals surface area (Å²) in [7, 11) is -2.02. The van der Waals surface area contributed by atoms with Gasteiger partial charge in [-0.05, 0) is 24.6 Å². The first-order chi connectivity index (χ1) is 11.3. The lowest BCUT2D eigenvalue weighted by molar-refractivity contribution is -0.137. The van der Waals surface area contributed by atoms with Crippen molar-refractivity contribution in [3.8, 4) is 0 Å². The van der Waals surface area contributed by atoms with E-state index in [2.05, 4.69) is 4.72 Å². The summed E-state index contributed by atoms with van der Waals surface area (Å²) >= 11 is 0. The van der Waals surface area contributed by atoms with Crippen LogP contribution in [0.5, 0.6) is 0 Å². The maximum atomic E-state index is 12.5. The van der Waals surface area contributed by atoms with Crippen molar-refractivity contribution in [2.75, 3.05) is 37.3 Å². The van der Waals surface area contributed by atoms with Gasteiger partial charge in [-0.3, -0.25) is 14.3 Å². The number of hydrogen-bond acceptors (Lipinski definition) is 5. The lowest BCUT2D eigenvalue weighted by atomic mass is 10.1. The van der Waals surface area contributed by atoms with Crippen LogP contribution >= 0.6 is 0 Å². The van der Waals surface area contributed by atoms with E-state index in [1.165, 1.54) is 31.4 Å². The van der Waals surface area contributed by atoms with Gasteiger partial charge in [0.05, 0.1) is 12.4 Å². The van der Waals surface area contributed by atoms with Gasteiger partial charge < -0.3 is 14.7 Å². The van der Waals surface area contributed by atoms with Gasteiger partial charge in [0.15, 0.2) is 0 Å². The normalized spacial score (nSPS) is 11.1. The van der Waals surface area contributed by atoms with E-state index in [1.54, 1.807) is 6.92 Å². The topological polar surface area (TPSA) is 113 Å². The molecule has 0 aliphatic carbocycles. The van der Waals surface area contributed by atoms with Crippen molar-refractivity contribution in [2.24, 2.45) is 0 Å². The molecule has 0 aromatic heterocycles. The number of nitrogens with zero attached hydrogens (tertiary/aromatic N) is 1. The Hall–Kier alpha value is -2.13. The Kier molecular flexibility index (Phi) is 7.66. The summed E-state index contributed by atoms with van der Waals surface area (Å²) in [6.07, 6.45) is 0.470. The summed E-state index contributed by atoms with van der Waals surface area (Å²) in [5.74, 6) is -1.67. The second-order valence-electron chi connectivity index (χ2n) is 5.11. The Morgan fingerprint density at radius 2 is 2.04 bits per heavy atom. The third-order valence-electron chi connectivity index (χ3n) is 3.03. The van der Waals surface area contributed by atoms with E-state index >= 15 is 0 Å². The predicted octanol–water partition coefficient (Wildman–Crippen LogP) is 1.01. The molecule has 0 aliphatic heterocycles. The van der Waals surface area contributed by atoms with Crippen molar-refractivity contribution in [1.82, 2.24) is 4.90 Å². The molecule has 0 saturated heterocycles. The highest BCUT2D eigenvalue weighted by molar-refractivity contribution is 7.92. The van der Waals surface area contributed by atoms with Crippen LogP contribution in [0.2, 0.25) is 0 Å². The average molecular weight is 358 g/mol. The molecule has 0 unspecified atom stereocenters. The zero-order valence-electron chi connectivity index (χ0n) is 13.7. The summed E-state index contributed by atoms with van der Waals surface area (Å²) < 4.78 is 30.9. The molecule has 1 aromatic carbocycles. The van der Waals surface area contributed by atoms with Gasteiger partial charge in [0.2, 0.25) is 10.0 Å². The number of carboxylic acids is 1. The highest BCUT2D eigenvalue weighted by Gasteiger charge is 2.19. The highest BCUT2D eigenvalue weighted by Crippen LogP contribution is 2.15. The number of nitrogens with one attached hydrogen (secondary N) is 1. The second-order valence-corrected chi connectivity index (χ2v) is 6.96. The number of carboxylic acid groups (broad SMARTS) is 1. The summed E-state index contributed by atoms with van der Waals surface area (Å²) in [6, 6.07) is 5.95. The molecule has 0 heterocycles. The maximum Gasteiger partial charge on any atom is 0.323 e. The van der Waals surface area contributed by atoms with Gasteiger partial charge in [0.25, 0.3) is 5.91 Å². The molecule has 1 rings (SSSR count). The van der Waals surface area contributed by atoms with Gasteiger partial charge in [-0.1, -0.05) is 13.0 Å². The molecule has 0 saturated carbocycles. The first-order valence-electron chi connectivity index (χ1n) is 7.39. The van der Waals surface area contributed by atoms with Gasteiger partial charge >= 0.3 is 5.97 Å². The fourth-order valence-electron chi connectivity index (χ4n) is 2.01. The minimum Gasteiger partial charge on any atom is -0.480 e. The second kappa shape index (κ2) is 9.24. The standard InChI is InChI=1S/C15H22N2O6S/c1-3-9-24(21,22)16-13-6-4-5-12(10-13)15(20)17(7-8-23-2)11-14(18)19/h4-6,10,16H,3,7-9,11H2,1-2H3,(H,18,19). The molecule has 2 N–H and O–H groups in total. The predicted molar refractivity (Wildman–Crippen MR) is 89.6 cm³/mol. The number of anilines is 1. The fourth-order valence-corrected chi connectivity index (χ4v) is 3.14. The minimum absolute atomic E-state index is 0.0237. The van der Waals surface area contributed by atoms with E-state index in [0.717, 1.165) is 4.90 Å². The number of aliphatic carboxylic acids is 1. The lowest BCUT2D eigenvalue weighted by Gasteiger charge is -2.20. The summed E-state index contributed by atoms with van der Waals surface area (Å²) in [5.41, 5.74) is 0.459. The number of carbonyl (C=O) groups excluding carboxylic acids is 1. The quantitative estimate of drug-likeness (QED) is 0.645. The number of methoxy groups -OCH3 is 1. The number of amides is 1. The first-order valence-corrected chi connectivity index (χ1v) is 9.05. The van der Waals surface area contributed by atoms with Crippen LogP contribution in [0.25, 0.3) is 0 Å². The van der Waals surface area contributed by atoms with Gasteiger partial charge in [-0.25, -0.2) is 8.42 Å². The zero-order chi connectivity index (χ0) is 18.2. The molecule has 1 aromatic rings. The van der Waals surface area contributed by atoms with E-state index < -0.39 is 28.4 Å². The minimum atomic E-state index is -3.47. The van der Waals surface area contributed by atoms with Gasteiger partial charge in [0.1, 0.15) is 6.54 Å². The van der Waals surface area contributed by atoms with Crippen LogP contribution < -0.4 is 4.72 Å². The molecule has 1 amide bonds. The number of carbonyl (C=O) groups is 2. The molecule has 9 heteroatoms. The van der Waals surface area contributed by atoms with E-state index in [9.17, 15) is 18.0 Å². The number of hydrogen-bond donors (Lipinski definition) is 2. The first kappa shape index (κ1) is 19.9. The molecule has 0 bridgehead atoms. The molecule has 0 atom stereocenters. The van der Waals surface area contributed by atoms with Gasteiger partial charge in [-0.15, -0.1) is 0 Å². The van der Waals surface area contributed by atoms with Crippen molar-refractivity contribution in [2.45, 2.75) is 13.3 Å². The monoisotopic (exact) mass is 358 g/mol. The third kappa shape index (κ3) is 6.55. The van der Waals surface area contributed by atoms with Crippen molar-refractivity contribution in [1.29, 1.82) is 0 Å². The molecule has 8 nitrogen and oxygen atoms in total. The Morgan fingerprint density at radius 1 is 1.33 bits per heavy atom. The molecule has 0 radical (unpaired) electrons. The van der Waals surface area contributed by atoms with Crippen molar-refractivity contribution < 1.29 is 27.9 Å². The van der Waals surface area contributed by atoms with E-state index in [4.69, 9.17) is 9.84 Å². The largest absolute Gasteiger partial charge is 0.480 e. The number of benzene rings is 1. The molecule has 0 spiro atoms. The molecular formula is C15H22N2O6S. The Labute approximate surface area is 141 Å². The zero-order valence-corrected chi connectivity index (χ0v) is 14.5. The average Bonchev–Trinajstić information content (AvgIpc) is 2.50. The highest BCUT2D eigenvalue weighted by atomic mass is 32.2. The van der Waals surface area contributed by atoms with Crippen molar-refractivity contribution in [3.05, 3.63) is 29.8 Å². The Balaban J connectivity index is 2.96. The third-order valence-corrected chi connectivity index (χ3v) is 4.53. The van der Waals surface area contributed by atoms with Crippen LogP contribution in [0.1, 0.15) is 23.7 Å². The number of sulfonamides is 1. The van der Waals surface area contributed by atoms with Crippen LogP contribution in [-0.2, 0) is 19.6 Å². The van der Waals surface area contributed by atoms with Crippen LogP contribution in [0.4, 0.5) is 5.69 Å². The van der Waals surface area contributed by atoms with E-state index in [0.29, 0.717) is 6.42 Å². The summed E-state index contributed by atoms with van der Waals surface area (Å²) in [5, 5.41) is 8.92. The van der Waals surface area contributed by atoms with Crippen molar-refractivity contribution in [3.63, 3.8) is 0 Å². The molecule has 24 heavy (non-hydrogen) atoms. The molecule has 0 fully saturated rings. The smallest absolute Gasteiger partial charge is 0.323 e. The van der Waals surface area contributed by atoms with Gasteiger partial charge in [-0.2, -0.15) is 0 Å². The summed E-state index contributed by atoms with van der Waals surface area (Å²) in [6.45, 7) is 1.60. The number of rotatable bonds is 10. The SMILES string of the molecule is CCCS(=O)(=O)Nc1cccc(C(=O)N(CCOC)CC(=O)O)c1. The molecular weight excluding hydrogens is 336 g/mol. The van der Waals surface area contributed by atoms with Crippen molar-refractivity contribution >= 4 is 27.6 Å². The maximum absolute atomic E-state index is 12.5. The molecule has 134 valence electrons. The van der Waals surface area contributed by atoms with Crippen LogP contribution in [-0.4, -0.2) is 62.9 Å². The van der Waals surface area contributed by atoms with E-state index in [1.807, 2.05) is 0 Å². The van der Waals surface area contributed by atoms with Gasteiger partial charge in [0, 0.05) is 24.9 Å². The lowest BCUT2D eigenvalue weighted by Crippen LogP contribution is -2.38. The Morgan fingerprint density at radius 3 is 2.62 bits per heavy atom. The van der Waals surface area contributed by atoms with Crippen LogP contribution in [0.3, 0.4) is 0 Å². The summed E-state index contributed by atoms with van der Waals surface area (Å²) in [4.78, 5) is 24.5. The fraction of sp³-hybridized carbons (Fsp3) is 0.467. The number of ether oxygens (including phenoxy) is 1. The van der Waals surface area contributed by atoms with E-state index in [-0.39, 0.29) is 30.2 Å².